The highest BCUT2D eigenvalue weighted by molar-refractivity contribution is 6.03. The van der Waals surface area contributed by atoms with Crippen molar-refractivity contribution in [3.05, 3.63) is 47.9 Å². The lowest BCUT2D eigenvalue weighted by molar-refractivity contribution is 0.0398. The second-order valence-electron chi connectivity index (χ2n) is 6.19. The van der Waals surface area contributed by atoms with Crippen molar-refractivity contribution in [2.45, 2.75) is 0 Å². The van der Waals surface area contributed by atoms with Crippen LogP contribution in [0.15, 0.2) is 36.7 Å². The van der Waals surface area contributed by atoms with E-state index in [9.17, 15) is 9.59 Å². The lowest BCUT2D eigenvalue weighted by Crippen LogP contribution is -2.39. The maximum Gasteiger partial charge on any atom is 0.337 e. The van der Waals surface area contributed by atoms with Gasteiger partial charge in [-0.05, 0) is 18.2 Å². The Morgan fingerprint density at radius 1 is 1.21 bits per heavy atom. The lowest BCUT2D eigenvalue weighted by Gasteiger charge is -2.26. The van der Waals surface area contributed by atoms with Gasteiger partial charge in [0.05, 0.1) is 38.3 Å². The quantitative estimate of drug-likeness (QED) is 0.686. The highest BCUT2D eigenvalue weighted by Crippen LogP contribution is 2.13. The van der Waals surface area contributed by atoms with E-state index >= 15 is 0 Å². The normalized spacial score (nSPS) is 14.3. The van der Waals surface area contributed by atoms with E-state index < -0.39 is 11.9 Å². The number of methoxy groups -OCH3 is 1. The van der Waals surface area contributed by atoms with Crippen molar-refractivity contribution in [1.29, 1.82) is 0 Å². The van der Waals surface area contributed by atoms with Crippen LogP contribution in [-0.2, 0) is 9.47 Å². The van der Waals surface area contributed by atoms with Crippen molar-refractivity contribution in [2.24, 2.45) is 0 Å². The molecular weight excluding hydrogens is 362 g/mol. The molecule has 1 aromatic heterocycles. The number of morpholine rings is 1. The molecule has 1 aliphatic rings. The molecule has 0 atom stereocenters. The fraction of sp³-hybridized carbons (Fsp3) is 0.368. The number of anilines is 2. The van der Waals surface area contributed by atoms with Crippen LogP contribution in [0.4, 0.5) is 11.5 Å². The van der Waals surface area contributed by atoms with Crippen LogP contribution in [0.25, 0.3) is 0 Å². The molecule has 0 spiro atoms. The van der Waals surface area contributed by atoms with E-state index in [1.54, 1.807) is 24.3 Å². The largest absolute Gasteiger partial charge is 0.465 e. The summed E-state index contributed by atoms with van der Waals surface area (Å²) in [6.45, 7) is 5.04. The number of carbonyl (C=O) groups excluding carboxylic acids is 2. The van der Waals surface area contributed by atoms with Gasteiger partial charge in [0.15, 0.2) is 0 Å². The molecule has 1 saturated heterocycles. The van der Waals surface area contributed by atoms with Crippen LogP contribution < -0.4 is 10.6 Å². The zero-order chi connectivity index (χ0) is 19.8. The van der Waals surface area contributed by atoms with Gasteiger partial charge in [-0.3, -0.25) is 9.69 Å². The highest BCUT2D eigenvalue weighted by atomic mass is 16.5. The number of carbonyl (C=O) groups is 2. The first kappa shape index (κ1) is 19.7. The Kier molecular flexibility index (Phi) is 6.88. The molecule has 9 nitrogen and oxygen atoms in total. The summed E-state index contributed by atoms with van der Waals surface area (Å²) in [5, 5.41) is 5.89. The first-order valence-electron chi connectivity index (χ1n) is 9.01. The number of nitrogens with one attached hydrogen (secondary N) is 2. The van der Waals surface area contributed by atoms with Gasteiger partial charge in [-0.15, -0.1) is 0 Å². The van der Waals surface area contributed by atoms with E-state index in [4.69, 9.17) is 4.74 Å². The van der Waals surface area contributed by atoms with Gasteiger partial charge in [-0.25, -0.2) is 14.8 Å². The van der Waals surface area contributed by atoms with Gasteiger partial charge < -0.3 is 20.1 Å². The molecule has 1 aliphatic heterocycles. The summed E-state index contributed by atoms with van der Waals surface area (Å²) >= 11 is 0. The Labute approximate surface area is 163 Å². The molecule has 0 radical (unpaired) electrons. The van der Waals surface area contributed by atoms with Gasteiger partial charge in [-0.1, -0.05) is 6.07 Å². The molecule has 0 bridgehead atoms. The Bertz CT molecular complexity index is 806. The van der Waals surface area contributed by atoms with E-state index in [2.05, 4.69) is 30.2 Å². The standard InChI is InChI=1S/C19H23N5O4/c1-27-19(26)14-3-2-4-15(11-14)23-18(25)16-12-22-17(13-21-16)20-5-6-24-7-9-28-10-8-24/h2-4,11-13H,5-10H2,1H3,(H,20,22)(H,23,25). The smallest absolute Gasteiger partial charge is 0.337 e. The Hall–Kier alpha value is -3.04. The van der Waals surface area contributed by atoms with Crippen molar-refractivity contribution in [2.75, 3.05) is 57.1 Å². The van der Waals surface area contributed by atoms with Gasteiger partial charge >= 0.3 is 5.97 Å². The van der Waals surface area contributed by atoms with Crippen LogP contribution >= 0.6 is 0 Å². The number of esters is 1. The van der Waals surface area contributed by atoms with E-state index in [0.717, 1.165) is 39.4 Å². The number of hydrogen-bond donors (Lipinski definition) is 2. The predicted molar refractivity (Wildman–Crippen MR) is 104 cm³/mol. The summed E-state index contributed by atoms with van der Waals surface area (Å²) in [6, 6.07) is 6.49. The predicted octanol–water partition coefficient (Wildman–Crippen LogP) is 1.26. The number of ether oxygens (including phenoxy) is 2. The second kappa shape index (κ2) is 9.77. The van der Waals surface area contributed by atoms with Crippen molar-refractivity contribution in [3.8, 4) is 0 Å². The van der Waals surface area contributed by atoms with Crippen LogP contribution in [0.2, 0.25) is 0 Å². The number of nitrogens with zero attached hydrogens (tertiary/aromatic N) is 3. The fourth-order valence-electron chi connectivity index (χ4n) is 2.74. The summed E-state index contributed by atoms with van der Waals surface area (Å²) in [6.07, 6.45) is 2.94. The third-order valence-corrected chi connectivity index (χ3v) is 4.26. The van der Waals surface area contributed by atoms with Gasteiger partial charge in [-0.2, -0.15) is 0 Å². The van der Waals surface area contributed by atoms with Crippen LogP contribution in [0, 0.1) is 0 Å². The van der Waals surface area contributed by atoms with Crippen molar-refractivity contribution < 1.29 is 19.1 Å². The number of benzene rings is 1. The lowest BCUT2D eigenvalue weighted by atomic mass is 10.2. The van der Waals surface area contributed by atoms with Crippen LogP contribution in [-0.4, -0.2) is 73.2 Å². The molecule has 1 fully saturated rings. The molecule has 9 heteroatoms. The molecule has 2 N–H and O–H groups in total. The second-order valence-corrected chi connectivity index (χ2v) is 6.19. The van der Waals surface area contributed by atoms with Gasteiger partial charge in [0, 0.05) is 31.9 Å². The number of rotatable bonds is 7. The molecule has 148 valence electrons. The Balaban J connectivity index is 1.51. The maximum atomic E-state index is 12.3. The van der Waals surface area contributed by atoms with E-state index in [1.165, 1.54) is 19.5 Å². The zero-order valence-corrected chi connectivity index (χ0v) is 15.7. The van der Waals surface area contributed by atoms with Gasteiger partial charge in [0.2, 0.25) is 0 Å². The fourth-order valence-corrected chi connectivity index (χ4v) is 2.74. The van der Waals surface area contributed by atoms with Crippen LogP contribution in [0.1, 0.15) is 20.8 Å². The molecule has 0 saturated carbocycles. The number of aromatic nitrogens is 2. The third-order valence-electron chi connectivity index (χ3n) is 4.26. The zero-order valence-electron chi connectivity index (χ0n) is 15.7. The summed E-state index contributed by atoms with van der Waals surface area (Å²) < 4.78 is 10.00. The summed E-state index contributed by atoms with van der Waals surface area (Å²) in [5.41, 5.74) is 1.01. The summed E-state index contributed by atoms with van der Waals surface area (Å²) in [5.74, 6) is -0.268. The minimum absolute atomic E-state index is 0.183. The average molecular weight is 385 g/mol. The SMILES string of the molecule is COC(=O)c1cccc(NC(=O)c2cnc(NCCN3CCOCC3)cn2)c1. The average Bonchev–Trinajstić information content (AvgIpc) is 2.74. The molecule has 0 unspecified atom stereocenters. The molecule has 2 heterocycles. The Morgan fingerprint density at radius 2 is 2.04 bits per heavy atom. The number of hydrogen-bond acceptors (Lipinski definition) is 8. The molecule has 0 aliphatic carbocycles. The molecule has 28 heavy (non-hydrogen) atoms. The van der Waals surface area contributed by atoms with Crippen LogP contribution in [0.5, 0.6) is 0 Å². The highest BCUT2D eigenvalue weighted by Gasteiger charge is 2.12. The van der Waals surface area contributed by atoms with Crippen molar-refractivity contribution in [1.82, 2.24) is 14.9 Å². The maximum absolute atomic E-state index is 12.3. The van der Waals surface area contributed by atoms with Crippen LogP contribution in [0.3, 0.4) is 0 Å². The summed E-state index contributed by atoms with van der Waals surface area (Å²) in [4.78, 5) is 34.6. The number of amides is 1. The topological polar surface area (TPSA) is 106 Å². The van der Waals surface area contributed by atoms with E-state index in [-0.39, 0.29) is 5.69 Å². The van der Waals surface area contributed by atoms with Gasteiger partial charge in [0.1, 0.15) is 11.5 Å². The minimum Gasteiger partial charge on any atom is -0.465 e. The summed E-state index contributed by atoms with van der Waals surface area (Å²) in [7, 11) is 1.31. The van der Waals surface area contributed by atoms with Crippen molar-refractivity contribution in [3.63, 3.8) is 0 Å². The Morgan fingerprint density at radius 3 is 2.75 bits per heavy atom. The molecular formula is C19H23N5O4. The van der Waals surface area contributed by atoms with E-state index in [0.29, 0.717) is 17.1 Å². The van der Waals surface area contributed by atoms with Gasteiger partial charge in [0.25, 0.3) is 5.91 Å². The first-order valence-corrected chi connectivity index (χ1v) is 9.01. The minimum atomic E-state index is -0.469. The monoisotopic (exact) mass is 385 g/mol. The third kappa shape index (κ3) is 5.48. The molecule has 1 aromatic carbocycles. The van der Waals surface area contributed by atoms with E-state index in [1.807, 2.05) is 0 Å². The molecule has 3 rings (SSSR count). The van der Waals surface area contributed by atoms with Crippen molar-refractivity contribution >= 4 is 23.4 Å². The first-order chi connectivity index (χ1) is 13.7. The molecule has 1 amide bonds. The molecule has 2 aromatic rings.